The summed E-state index contributed by atoms with van der Waals surface area (Å²) in [6.45, 7) is 0. The fourth-order valence-electron chi connectivity index (χ4n) is 2.66. The molecule has 0 amide bonds. The summed E-state index contributed by atoms with van der Waals surface area (Å²) in [5.41, 5.74) is 0.212. The maximum atomic E-state index is 12.1. The molecule has 0 radical (unpaired) electrons. The Morgan fingerprint density at radius 3 is 2.70 bits per heavy atom. The summed E-state index contributed by atoms with van der Waals surface area (Å²) in [6.07, 6.45) is 2.08. The largest absolute Gasteiger partial charge is 0.481 e. The second-order valence-electron chi connectivity index (χ2n) is 5.15. The van der Waals surface area contributed by atoms with E-state index in [0.717, 1.165) is 6.42 Å². The van der Waals surface area contributed by atoms with Crippen LogP contribution < -0.4 is 0 Å². The Bertz CT molecular complexity index is 554. The zero-order valence-electron chi connectivity index (χ0n) is 10.8. The fourth-order valence-corrected chi connectivity index (χ4v) is 2.66. The minimum Gasteiger partial charge on any atom is -0.481 e. The summed E-state index contributed by atoms with van der Waals surface area (Å²) in [7, 11) is 0. The first kappa shape index (κ1) is 14.2. The number of carboxylic acids is 1. The number of ketones is 1. The van der Waals surface area contributed by atoms with Crippen LogP contribution in [0.15, 0.2) is 24.3 Å². The molecule has 20 heavy (non-hydrogen) atoms. The van der Waals surface area contributed by atoms with Gasteiger partial charge >= 0.3 is 5.97 Å². The molecule has 2 rings (SSSR count). The lowest BCUT2D eigenvalue weighted by molar-refractivity contribution is -0.384. The number of benzene rings is 1. The molecule has 6 nitrogen and oxygen atoms in total. The number of Topliss-reactive ketones (excluding diaryl/α,β-unsaturated/α-hetero) is 1. The van der Waals surface area contributed by atoms with E-state index in [0.29, 0.717) is 18.4 Å². The molecular weight excluding hydrogens is 262 g/mol. The Morgan fingerprint density at radius 1 is 1.35 bits per heavy atom. The Labute approximate surface area is 115 Å². The van der Waals surface area contributed by atoms with E-state index in [2.05, 4.69) is 0 Å². The van der Waals surface area contributed by atoms with Crippen molar-refractivity contribution in [3.63, 3.8) is 0 Å². The van der Waals surface area contributed by atoms with Gasteiger partial charge in [0, 0.05) is 24.1 Å². The molecule has 1 aromatic carbocycles. The van der Waals surface area contributed by atoms with Gasteiger partial charge in [-0.25, -0.2) is 0 Å². The molecule has 1 aliphatic carbocycles. The Hall–Kier alpha value is -2.24. The van der Waals surface area contributed by atoms with Gasteiger partial charge in [0.2, 0.25) is 0 Å². The molecule has 6 heteroatoms. The summed E-state index contributed by atoms with van der Waals surface area (Å²) >= 11 is 0. The Morgan fingerprint density at radius 2 is 2.10 bits per heavy atom. The van der Waals surface area contributed by atoms with Crippen LogP contribution in [0.5, 0.6) is 0 Å². The predicted molar refractivity (Wildman–Crippen MR) is 70.5 cm³/mol. The summed E-state index contributed by atoms with van der Waals surface area (Å²) < 4.78 is 0. The number of aliphatic carboxylic acids is 1. The SMILES string of the molecule is O=C(CC1CCC(C(=O)O)C1)c1cccc([N+](=O)[O-])c1. The highest BCUT2D eigenvalue weighted by atomic mass is 16.6. The van der Waals surface area contributed by atoms with Crippen LogP contribution in [0, 0.1) is 22.0 Å². The molecule has 1 N–H and O–H groups in total. The fraction of sp³-hybridized carbons (Fsp3) is 0.429. The lowest BCUT2D eigenvalue weighted by Crippen LogP contribution is -2.11. The van der Waals surface area contributed by atoms with Crippen molar-refractivity contribution < 1.29 is 19.6 Å². The van der Waals surface area contributed by atoms with E-state index in [4.69, 9.17) is 5.11 Å². The van der Waals surface area contributed by atoms with Gasteiger partial charge in [0.25, 0.3) is 5.69 Å². The van der Waals surface area contributed by atoms with E-state index in [9.17, 15) is 19.7 Å². The molecule has 1 saturated carbocycles. The van der Waals surface area contributed by atoms with Gasteiger partial charge in [-0.15, -0.1) is 0 Å². The number of carbonyl (C=O) groups excluding carboxylic acids is 1. The summed E-state index contributed by atoms with van der Waals surface area (Å²) in [5, 5.41) is 19.6. The van der Waals surface area contributed by atoms with Gasteiger partial charge in [0.1, 0.15) is 0 Å². The molecule has 2 atom stereocenters. The van der Waals surface area contributed by atoms with Gasteiger partial charge in [0.05, 0.1) is 10.8 Å². The van der Waals surface area contributed by atoms with Gasteiger partial charge in [-0.05, 0) is 25.2 Å². The molecule has 2 unspecified atom stereocenters. The second kappa shape index (κ2) is 5.81. The van der Waals surface area contributed by atoms with Crippen LogP contribution in [-0.2, 0) is 4.79 Å². The highest BCUT2D eigenvalue weighted by Gasteiger charge is 2.31. The minimum atomic E-state index is -0.810. The lowest BCUT2D eigenvalue weighted by Gasteiger charge is -2.08. The van der Waals surface area contributed by atoms with E-state index in [-0.39, 0.29) is 29.7 Å². The number of carboxylic acid groups (broad SMARTS) is 1. The number of nitro groups is 1. The zero-order valence-corrected chi connectivity index (χ0v) is 10.8. The number of nitro benzene ring substituents is 1. The van der Waals surface area contributed by atoms with Crippen molar-refractivity contribution in [2.45, 2.75) is 25.7 Å². The minimum absolute atomic E-state index is 0.0582. The number of non-ortho nitro benzene ring substituents is 1. The van der Waals surface area contributed by atoms with Crippen molar-refractivity contribution in [2.75, 3.05) is 0 Å². The van der Waals surface area contributed by atoms with E-state index < -0.39 is 10.9 Å². The van der Waals surface area contributed by atoms with E-state index in [1.165, 1.54) is 18.2 Å². The highest BCUT2D eigenvalue weighted by Crippen LogP contribution is 2.34. The van der Waals surface area contributed by atoms with Gasteiger partial charge in [-0.2, -0.15) is 0 Å². The molecule has 0 heterocycles. The van der Waals surface area contributed by atoms with Crippen LogP contribution in [0.2, 0.25) is 0 Å². The van der Waals surface area contributed by atoms with Crippen LogP contribution in [-0.4, -0.2) is 21.8 Å². The predicted octanol–water partition coefficient (Wildman–Crippen LogP) is 2.67. The van der Waals surface area contributed by atoms with E-state index in [1.807, 2.05) is 0 Å². The number of carbonyl (C=O) groups is 2. The molecule has 0 spiro atoms. The van der Waals surface area contributed by atoms with Gasteiger partial charge in [-0.3, -0.25) is 19.7 Å². The average Bonchev–Trinajstić information content (AvgIpc) is 2.87. The molecule has 1 aromatic rings. The smallest absolute Gasteiger partial charge is 0.306 e. The Kier molecular flexibility index (Phi) is 4.12. The van der Waals surface area contributed by atoms with Crippen molar-refractivity contribution in [3.8, 4) is 0 Å². The quantitative estimate of drug-likeness (QED) is 0.507. The topological polar surface area (TPSA) is 97.5 Å². The molecule has 1 aliphatic rings. The normalized spacial score (nSPS) is 21.6. The van der Waals surface area contributed by atoms with Crippen molar-refractivity contribution >= 4 is 17.4 Å². The third-order valence-electron chi connectivity index (χ3n) is 3.74. The van der Waals surface area contributed by atoms with Gasteiger partial charge in [0.15, 0.2) is 5.78 Å². The van der Waals surface area contributed by atoms with Crippen LogP contribution in [0.1, 0.15) is 36.0 Å². The number of hydrogen-bond donors (Lipinski definition) is 1. The standard InChI is InChI=1S/C14H15NO5/c16-13(7-9-4-5-11(6-9)14(17)18)10-2-1-3-12(8-10)15(19)20/h1-3,8-9,11H,4-7H2,(H,17,18). The maximum Gasteiger partial charge on any atom is 0.306 e. The molecule has 0 saturated heterocycles. The van der Waals surface area contributed by atoms with Crippen molar-refractivity contribution in [1.29, 1.82) is 0 Å². The van der Waals surface area contributed by atoms with Crippen LogP contribution >= 0.6 is 0 Å². The third kappa shape index (κ3) is 3.20. The van der Waals surface area contributed by atoms with E-state index >= 15 is 0 Å². The van der Waals surface area contributed by atoms with Crippen molar-refractivity contribution in [2.24, 2.45) is 11.8 Å². The number of hydrogen-bond acceptors (Lipinski definition) is 4. The summed E-state index contributed by atoms with van der Waals surface area (Å²) in [6, 6.07) is 5.65. The maximum absolute atomic E-state index is 12.1. The van der Waals surface area contributed by atoms with Gasteiger partial charge < -0.3 is 5.11 Å². The number of rotatable bonds is 5. The second-order valence-corrected chi connectivity index (χ2v) is 5.15. The van der Waals surface area contributed by atoms with E-state index in [1.54, 1.807) is 6.07 Å². The van der Waals surface area contributed by atoms with Crippen molar-refractivity contribution in [3.05, 3.63) is 39.9 Å². The first-order valence-electron chi connectivity index (χ1n) is 6.48. The molecular formula is C14H15NO5. The average molecular weight is 277 g/mol. The number of nitrogens with zero attached hydrogens (tertiary/aromatic N) is 1. The molecule has 0 bridgehead atoms. The van der Waals surface area contributed by atoms with Crippen molar-refractivity contribution in [1.82, 2.24) is 0 Å². The van der Waals surface area contributed by atoms with Crippen LogP contribution in [0.4, 0.5) is 5.69 Å². The van der Waals surface area contributed by atoms with Gasteiger partial charge in [-0.1, -0.05) is 12.1 Å². The van der Waals surface area contributed by atoms with Crippen LogP contribution in [0.25, 0.3) is 0 Å². The third-order valence-corrected chi connectivity index (χ3v) is 3.74. The first-order valence-corrected chi connectivity index (χ1v) is 6.48. The monoisotopic (exact) mass is 277 g/mol. The molecule has 0 aromatic heterocycles. The summed E-state index contributed by atoms with van der Waals surface area (Å²) in [4.78, 5) is 33.1. The summed E-state index contributed by atoms with van der Waals surface area (Å²) in [5.74, 6) is -1.28. The van der Waals surface area contributed by atoms with Crippen LogP contribution in [0.3, 0.4) is 0 Å². The highest BCUT2D eigenvalue weighted by molar-refractivity contribution is 5.96. The molecule has 1 fully saturated rings. The zero-order chi connectivity index (χ0) is 14.7. The molecule has 106 valence electrons. The lowest BCUT2D eigenvalue weighted by atomic mass is 9.96. The Balaban J connectivity index is 2.00. The first-order chi connectivity index (χ1) is 9.47. The molecule has 0 aliphatic heterocycles.